The fourth-order valence-corrected chi connectivity index (χ4v) is 3.19. The van der Waals surface area contributed by atoms with Gasteiger partial charge in [-0.15, -0.1) is 24.0 Å². The third kappa shape index (κ3) is 8.40. The molecule has 0 radical (unpaired) electrons. The van der Waals surface area contributed by atoms with Crippen molar-refractivity contribution >= 4 is 29.9 Å². The molecule has 2 rings (SSSR count). The summed E-state index contributed by atoms with van der Waals surface area (Å²) in [6.07, 6.45) is 4.59. The van der Waals surface area contributed by atoms with E-state index in [4.69, 9.17) is 4.99 Å². The summed E-state index contributed by atoms with van der Waals surface area (Å²) < 4.78 is 0. The highest BCUT2D eigenvalue weighted by Gasteiger charge is 2.21. The molecule has 2 N–H and O–H groups in total. The molecule has 1 aromatic carbocycles. The fourth-order valence-electron chi connectivity index (χ4n) is 3.19. The van der Waals surface area contributed by atoms with Crippen LogP contribution < -0.4 is 10.6 Å². The Morgan fingerprint density at radius 1 is 1.20 bits per heavy atom. The first-order chi connectivity index (χ1) is 11.7. The fraction of sp³-hybridized carbons (Fsp3) is 0.650. The van der Waals surface area contributed by atoms with E-state index in [9.17, 15) is 0 Å². The SMILES string of the molecule is CCNC(=NCCCc1ccccc1)NC1CCN(C(C)C)CC1.I. The van der Waals surface area contributed by atoms with Crippen LogP contribution in [0.15, 0.2) is 35.3 Å². The van der Waals surface area contributed by atoms with Crippen LogP contribution in [0.2, 0.25) is 0 Å². The van der Waals surface area contributed by atoms with Crippen molar-refractivity contribution in [3.05, 3.63) is 35.9 Å². The highest BCUT2D eigenvalue weighted by Crippen LogP contribution is 2.12. The number of nitrogens with zero attached hydrogens (tertiary/aromatic N) is 2. The molecule has 0 atom stereocenters. The van der Waals surface area contributed by atoms with Gasteiger partial charge in [0.15, 0.2) is 5.96 Å². The van der Waals surface area contributed by atoms with Gasteiger partial charge in [0.1, 0.15) is 0 Å². The molecular formula is C20H35IN4. The minimum Gasteiger partial charge on any atom is -0.357 e. The summed E-state index contributed by atoms with van der Waals surface area (Å²) in [5.41, 5.74) is 1.40. The van der Waals surface area contributed by atoms with Crippen molar-refractivity contribution in [3.63, 3.8) is 0 Å². The second kappa shape index (κ2) is 12.5. The van der Waals surface area contributed by atoms with E-state index < -0.39 is 0 Å². The summed E-state index contributed by atoms with van der Waals surface area (Å²) in [6, 6.07) is 11.9. The van der Waals surface area contributed by atoms with Crippen molar-refractivity contribution in [1.29, 1.82) is 0 Å². The largest absolute Gasteiger partial charge is 0.357 e. The van der Waals surface area contributed by atoms with Crippen LogP contribution in [0.3, 0.4) is 0 Å². The zero-order valence-electron chi connectivity index (χ0n) is 16.0. The van der Waals surface area contributed by atoms with E-state index in [2.05, 4.69) is 66.6 Å². The molecule has 0 unspecified atom stereocenters. The number of hydrogen-bond donors (Lipinski definition) is 2. The van der Waals surface area contributed by atoms with Crippen molar-refractivity contribution in [2.45, 2.75) is 58.5 Å². The van der Waals surface area contributed by atoms with Gasteiger partial charge in [-0.25, -0.2) is 0 Å². The van der Waals surface area contributed by atoms with E-state index in [1.54, 1.807) is 0 Å². The summed E-state index contributed by atoms with van der Waals surface area (Å²) >= 11 is 0. The second-order valence-electron chi connectivity index (χ2n) is 6.90. The third-order valence-electron chi connectivity index (χ3n) is 4.68. The van der Waals surface area contributed by atoms with Crippen LogP contribution in [0.25, 0.3) is 0 Å². The molecule has 1 aliphatic heterocycles. The number of hydrogen-bond acceptors (Lipinski definition) is 2. The smallest absolute Gasteiger partial charge is 0.191 e. The molecule has 1 aromatic rings. The van der Waals surface area contributed by atoms with Crippen LogP contribution in [-0.2, 0) is 6.42 Å². The van der Waals surface area contributed by atoms with Crippen LogP contribution in [-0.4, -0.2) is 49.1 Å². The summed E-state index contributed by atoms with van der Waals surface area (Å²) in [5.74, 6) is 0.980. The molecule has 25 heavy (non-hydrogen) atoms. The van der Waals surface area contributed by atoms with Gasteiger partial charge >= 0.3 is 0 Å². The molecule has 0 aliphatic carbocycles. The quantitative estimate of drug-likeness (QED) is 0.284. The molecule has 142 valence electrons. The van der Waals surface area contributed by atoms with Gasteiger partial charge in [0, 0.05) is 38.3 Å². The Morgan fingerprint density at radius 3 is 2.48 bits per heavy atom. The van der Waals surface area contributed by atoms with Crippen molar-refractivity contribution in [2.24, 2.45) is 4.99 Å². The van der Waals surface area contributed by atoms with Gasteiger partial charge in [0.25, 0.3) is 0 Å². The van der Waals surface area contributed by atoms with Crippen LogP contribution in [0.1, 0.15) is 45.6 Å². The first kappa shape index (κ1) is 22.2. The number of halogens is 1. The molecule has 4 nitrogen and oxygen atoms in total. The minimum atomic E-state index is 0. The number of nitrogens with one attached hydrogen (secondary N) is 2. The number of rotatable bonds is 7. The number of guanidine groups is 1. The molecule has 1 fully saturated rings. The highest BCUT2D eigenvalue weighted by atomic mass is 127. The first-order valence-electron chi connectivity index (χ1n) is 9.52. The monoisotopic (exact) mass is 458 g/mol. The number of benzene rings is 1. The van der Waals surface area contributed by atoms with Crippen LogP contribution >= 0.6 is 24.0 Å². The maximum atomic E-state index is 4.76. The van der Waals surface area contributed by atoms with E-state index in [-0.39, 0.29) is 24.0 Å². The summed E-state index contributed by atoms with van der Waals surface area (Å²) in [5, 5.41) is 7.02. The van der Waals surface area contributed by atoms with E-state index in [1.807, 2.05) is 0 Å². The molecule has 1 saturated heterocycles. The molecule has 1 heterocycles. The third-order valence-corrected chi connectivity index (χ3v) is 4.68. The average Bonchev–Trinajstić information content (AvgIpc) is 2.60. The minimum absolute atomic E-state index is 0. The van der Waals surface area contributed by atoms with Gasteiger partial charge in [-0.1, -0.05) is 30.3 Å². The molecule has 0 aromatic heterocycles. The molecule has 0 bridgehead atoms. The van der Waals surface area contributed by atoms with Gasteiger partial charge in [-0.2, -0.15) is 0 Å². The lowest BCUT2D eigenvalue weighted by atomic mass is 10.0. The van der Waals surface area contributed by atoms with Gasteiger partial charge in [0.05, 0.1) is 0 Å². The second-order valence-corrected chi connectivity index (χ2v) is 6.90. The Balaban J connectivity index is 0.00000312. The predicted octanol–water partition coefficient (Wildman–Crippen LogP) is 3.67. The van der Waals surface area contributed by atoms with E-state index in [1.165, 1.54) is 31.5 Å². The zero-order valence-corrected chi connectivity index (χ0v) is 18.3. The van der Waals surface area contributed by atoms with E-state index in [0.29, 0.717) is 12.1 Å². The number of likely N-dealkylation sites (tertiary alicyclic amines) is 1. The van der Waals surface area contributed by atoms with Gasteiger partial charge in [-0.05, 0) is 52.0 Å². The van der Waals surface area contributed by atoms with Crippen LogP contribution in [0, 0.1) is 0 Å². The van der Waals surface area contributed by atoms with Crippen molar-refractivity contribution in [3.8, 4) is 0 Å². The lowest BCUT2D eigenvalue weighted by Crippen LogP contribution is -2.49. The van der Waals surface area contributed by atoms with Gasteiger partial charge < -0.3 is 15.5 Å². The van der Waals surface area contributed by atoms with Crippen molar-refractivity contribution in [2.75, 3.05) is 26.2 Å². The molecule has 0 saturated carbocycles. The first-order valence-corrected chi connectivity index (χ1v) is 9.52. The maximum absolute atomic E-state index is 4.76. The Labute approximate surface area is 170 Å². The van der Waals surface area contributed by atoms with Crippen LogP contribution in [0.5, 0.6) is 0 Å². The maximum Gasteiger partial charge on any atom is 0.191 e. The highest BCUT2D eigenvalue weighted by molar-refractivity contribution is 14.0. The average molecular weight is 458 g/mol. The number of aliphatic imine (C=N–C) groups is 1. The van der Waals surface area contributed by atoms with Crippen molar-refractivity contribution < 1.29 is 0 Å². The van der Waals surface area contributed by atoms with Crippen molar-refractivity contribution in [1.82, 2.24) is 15.5 Å². The summed E-state index contributed by atoms with van der Waals surface area (Å²) in [4.78, 5) is 7.32. The van der Waals surface area contributed by atoms with Gasteiger partial charge in [0.2, 0.25) is 0 Å². The summed E-state index contributed by atoms with van der Waals surface area (Å²) in [6.45, 7) is 10.8. The lowest BCUT2D eigenvalue weighted by Gasteiger charge is -2.35. The number of piperidine rings is 1. The molecule has 5 heteroatoms. The summed E-state index contributed by atoms with van der Waals surface area (Å²) in [7, 11) is 0. The normalized spacial score (nSPS) is 16.6. The lowest BCUT2D eigenvalue weighted by molar-refractivity contribution is 0.167. The Kier molecular flexibility index (Phi) is 11.1. The standard InChI is InChI=1S/C20H34N4.HI/c1-4-21-20(22-14-8-11-18-9-6-5-7-10-18)23-19-12-15-24(16-13-19)17(2)3;/h5-7,9-10,17,19H,4,8,11-16H2,1-3H3,(H2,21,22,23);1H. The zero-order chi connectivity index (χ0) is 17.2. The number of aryl methyl sites for hydroxylation is 1. The molecule has 0 spiro atoms. The van der Waals surface area contributed by atoms with Gasteiger partial charge in [-0.3, -0.25) is 4.99 Å². The predicted molar refractivity (Wildman–Crippen MR) is 119 cm³/mol. The van der Waals surface area contributed by atoms with Crippen LogP contribution in [0.4, 0.5) is 0 Å². The molecule has 0 amide bonds. The van der Waals surface area contributed by atoms with E-state index >= 15 is 0 Å². The Hall–Kier alpha value is -0.820. The Bertz CT molecular complexity index is 482. The van der Waals surface area contributed by atoms with E-state index in [0.717, 1.165) is 31.9 Å². The Morgan fingerprint density at radius 2 is 1.88 bits per heavy atom. The topological polar surface area (TPSA) is 39.7 Å². The molecule has 1 aliphatic rings. The molecular weight excluding hydrogens is 423 g/mol.